The number of anilines is 1. The highest BCUT2D eigenvalue weighted by Crippen LogP contribution is 2.30. The molecule has 0 saturated carbocycles. The van der Waals surface area contributed by atoms with E-state index in [9.17, 15) is 13.2 Å². The molecule has 0 aromatic heterocycles. The number of carbonyl (C=O) groups is 1. The minimum Gasteiger partial charge on any atom is -0.457 e. The van der Waals surface area contributed by atoms with Crippen LogP contribution in [0.5, 0.6) is 11.5 Å². The quantitative estimate of drug-likeness (QED) is 0.411. The van der Waals surface area contributed by atoms with E-state index in [1.165, 1.54) is 10.4 Å². The summed E-state index contributed by atoms with van der Waals surface area (Å²) in [5.74, 6) is 2.33. The van der Waals surface area contributed by atoms with Gasteiger partial charge in [0.15, 0.2) is 0 Å². The molecule has 37 heavy (non-hydrogen) atoms. The van der Waals surface area contributed by atoms with E-state index in [1.807, 2.05) is 25.1 Å². The van der Waals surface area contributed by atoms with Crippen molar-refractivity contribution in [3.8, 4) is 17.6 Å². The fourth-order valence-electron chi connectivity index (χ4n) is 3.93. The largest absolute Gasteiger partial charge is 0.457 e. The van der Waals surface area contributed by atoms with Crippen LogP contribution in [0.3, 0.4) is 0 Å². The molecule has 0 aliphatic carbocycles. The van der Waals surface area contributed by atoms with Gasteiger partial charge in [0.2, 0.25) is 15.9 Å². The van der Waals surface area contributed by atoms with Crippen LogP contribution >= 0.6 is 23.4 Å². The Kier molecular flexibility index (Phi) is 8.45. The molecule has 0 unspecified atom stereocenters. The highest BCUT2D eigenvalue weighted by Gasteiger charge is 2.26. The summed E-state index contributed by atoms with van der Waals surface area (Å²) in [6.45, 7) is 4.67. The first-order valence-electron chi connectivity index (χ1n) is 11.6. The lowest BCUT2D eigenvalue weighted by atomic mass is 10.1. The van der Waals surface area contributed by atoms with Gasteiger partial charge in [-0.3, -0.25) is 4.79 Å². The Labute approximate surface area is 226 Å². The molecule has 1 N–H and O–H groups in total. The standard InChI is InChI=1S/C27H26ClN3O4S2/c1-18-3-4-20(14-26(18)35-23-13-21(17-29)12-22(28)16-23)15-27(32)30-25-6-5-24(11-19(25)2)37(33,34)31-7-9-36-10-8-31/h3-6,11-14,16H,7-10,15H2,1-2H3,(H,30,32). The molecule has 1 amide bonds. The second-order valence-electron chi connectivity index (χ2n) is 8.71. The monoisotopic (exact) mass is 555 g/mol. The number of rotatable bonds is 7. The van der Waals surface area contributed by atoms with Crippen molar-refractivity contribution in [1.29, 1.82) is 5.26 Å². The van der Waals surface area contributed by atoms with Crippen molar-refractivity contribution in [3.05, 3.63) is 81.9 Å². The number of nitriles is 1. The molecule has 0 atom stereocenters. The Hall–Kier alpha value is -3.03. The Bertz CT molecular complexity index is 1480. The van der Waals surface area contributed by atoms with Gasteiger partial charge in [-0.05, 0) is 73.0 Å². The minimum absolute atomic E-state index is 0.0978. The van der Waals surface area contributed by atoms with E-state index in [0.29, 0.717) is 46.4 Å². The van der Waals surface area contributed by atoms with Crippen molar-refractivity contribution in [3.63, 3.8) is 0 Å². The van der Waals surface area contributed by atoms with Crippen molar-refractivity contribution in [2.45, 2.75) is 25.2 Å². The summed E-state index contributed by atoms with van der Waals surface area (Å²) in [5.41, 5.74) is 3.22. The smallest absolute Gasteiger partial charge is 0.243 e. The predicted octanol–water partition coefficient (Wildman–Crippen LogP) is 5.54. The zero-order valence-electron chi connectivity index (χ0n) is 20.5. The zero-order chi connectivity index (χ0) is 26.6. The van der Waals surface area contributed by atoms with Crippen LogP contribution in [0.15, 0.2) is 59.5 Å². The van der Waals surface area contributed by atoms with Crippen LogP contribution in [0.25, 0.3) is 0 Å². The van der Waals surface area contributed by atoms with Crippen molar-refractivity contribution in [1.82, 2.24) is 4.31 Å². The van der Waals surface area contributed by atoms with Gasteiger partial charge < -0.3 is 10.1 Å². The SMILES string of the molecule is Cc1cc(S(=O)(=O)N2CCSCC2)ccc1NC(=O)Cc1ccc(C)c(Oc2cc(Cl)cc(C#N)c2)c1. The second-order valence-corrected chi connectivity index (χ2v) is 12.3. The molecule has 0 bridgehead atoms. The molecule has 7 nitrogen and oxygen atoms in total. The summed E-state index contributed by atoms with van der Waals surface area (Å²) < 4.78 is 33.4. The van der Waals surface area contributed by atoms with Gasteiger partial charge in [-0.25, -0.2) is 8.42 Å². The lowest BCUT2D eigenvalue weighted by Gasteiger charge is -2.26. The van der Waals surface area contributed by atoms with Crippen LogP contribution in [0.1, 0.15) is 22.3 Å². The molecule has 3 aromatic rings. The van der Waals surface area contributed by atoms with Crippen molar-refractivity contribution in [2.24, 2.45) is 0 Å². The summed E-state index contributed by atoms with van der Waals surface area (Å²) in [5, 5.41) is 12.4. The average Bonchev–Trinajstić information content (AvgIpc) is 2.87. The molecule has 0 radical (unpaired) electrons. The summed E-state index contributed by atoms with van der Waals surface area (Å²) in [6.07, 6.45) is 0.0978. The van der Waals surface area contributed by atoms with Crippen molar-refractivity contribution in [2.75, 3.05) is 29.9 Å². The summed E-state index contributed by atoms with van der Waals surface area (Å²) in [4.78, 5) is 13.0. The van der Waals surface area contributed by atoms with E-state index >= 15 is 0 Å². The molecule has 1 aliphatic heterocycles. The number of nitrogens with one attached hydrogen (secondary N) is 1. The fraction of sp³-hybridized carbons (Fsp3) is 0.259. The van der Waals surface area contributed by atoms with Crippen LogP contribution in [-0.2, 0) is 21.2 Å². The topological polar surface area (TPSA) is 99.5 Å². The summed E-state index contributed by atoms with van der Waals surface area (Å²) in [6, 6.07) is 17.1. The first-order chi connectivity index (χ1) is 17.7. The number of sulfonamides is 1. The molecular weight excluding hydrogens is 530 g/mol. The van der Waals surface area contributed by atoms with E-state index < -0.39 is 10.0 Å². The molecule has 1 heterocycles. The molecule has 4 rings (SSSR count). The van der Waals surface area contributed by atoms with Gasteiger partial charge in [-0.2, -0.15) is 21.3 Å². The maximum absolute atomic E-state index is 13.0. The highest BCUT2D eigenvalue weighted by atomic mass is 35.5. The number of benzene rings is 3. The minimum atomic E-state index is -3.55. The first-order valence-corrected chi connectivity index (χ1v) is 14.6. The van der Waals surface area contributed by atoms with Gasteiger partial charge in [0.1, 0.15) is 11.5 Å². The first kappa shape index (κ1) is 27.0. The number of amides is 1. The third-order valence-electron chi connectivity index (χ3n) is 5.93. The van der Waals surface area contributed by atoms with Gasteiger partial charge in [0.25, 0.3) is 0 Å². The maximum Gasteiger partial charge on any atom is 0.243 e. The summed E-state index contributed by atoms with van der Waals surface area (Å²) >= 11 is 7.83. The Balaban J connectivity index is 1.45. The number of hydrogen-bond acceptors (Lipinski definition) is 6. The zero-order valence-corrected chi connectivity index (χ0v) is 22.8. The molecule has 10 heteroatoms. The van der Waals surface area contributed by atoms with Gasteiger partial charge in [-0.1, -0.05) is 23.7 Å². The van der Waals surface area contributed by atoms with Crippen molar-refractivity contribution >= 4 is 45.0 Å². The van der Waals surface area contributed by atoms with Crippen molar-refractivity contribution < 1.29 is 17.9 Å². The third-order valence-corrected chi connectivity index (χ3v) is 8.98. The third kappa shape index (κ3) is 6.65. The van der Waals surface area contributed by atoms with Crippen LogP contribution in [0.4, 0.5) is 5.69 Å². The normalized spacial score (nSPS) is 14.1. The number of aryl methyl sites for hydroxylation is 2. The molecule has 1 saturated heterocycles. The number of nitrogens with zero attached hydrogens (tertiary/aromatic N) is 2. The average molecular weight is 556 g/mol. The highest BCUT2D eigenvalue weighted by molar-refractivity contribution is 7.99. The Morgan fingerprint density at radius 2 is 1.84 bits per heavy atom. The molecule has 1 aliphatic rings. The number of thioether (sulfide) groups is 1. The number of ether oxygens (including phenoxy) is 1. The van der Waals surface area contributed by atoms with E-state index in [2.05, 4.69) is 5.32 Å². The van der Waals surface area contributed by atoms with E-state index in [-0.39, 0.29) is 17.2 Å². The summed E-state index contributed by atoms with van der Waals surface area (Å²) in [7, 11) is -3.55. The Morgan fingerprint density at radius 1 is 1.08 bits per heavy atom. The Morgan fingerprint density at radius 3 is 2.54 bits per heavy atom. The van der Waals surface area contributed by atoms with Gasteiger partial charge in [0.05, 0.1) is 22.9 Å². The maximum atomic E-state index is 13.0. The second kappa shape index (κ2) is 11.6. The lowest BCUT2D eigenvalue weighted by Crippen LogP contribution is -2.37. The molecule has 192 valence electrons. The number of hydrogen-bond donors (Lipinski definition) is 1. The van der Waals surface area contributed by atoms with E-state index in [1.54, 1.807) is 55.1 Å². The van der Waals surface area contributed by atoms with Gasteiger partial charge in [-0.15, -0.1) is 0 Å². The van der Waals surface area contributed by atoms with Crippen LogP contribution in [0, 0.1) is 25.2 Å². The molecule has 1 fully saturated rings. The van der Waals surface area contributed by atoms with Gasteiger partial charge in [0, 0.05) is 35.3 Å². The number of halogens is 1. The van der Waals surface area contributed by atoms with E-state index in [0.717, 1.165) is 22.6 Å². The van der Waals surface area contributed by atoms with Crippen LogP contribution in [0.2, 0.25) is 5.02 Å². The van der Waals surface area contributed by atoms with Crippen LogP contribution < -0.4 is 10.1 Å². The molecule has 3 aromatic carbocycles. The van der Waals surface area contributed by atoms with E-state index in [4.69, 9.17) is 21.6 Å². The van der Waals surface area contributed by atoms with Crippen LogP contribution in [-0.4, -0.2) is 43.2 Å². The predicted molar refractivity (Wildman–Crippen MR) is 147 cm³/mol. The number of carbonyl (C=O) groups excluding carboxylic acids is 1. The molecule has 0 spiro atoms. The van der Waals surface area contributed by atoms with Gasteiger partial charge >= 0.3 is 0 Å². The molecular formula is C27H26ClN3O4S2. The fourth-order valence-corrected chi connectivity index (χ4v) is 6.82. The lowest BCUT2D eigenvalue weighted by molar-refractivity contribution is -0.115.